The fraction of sp³-hybridized carbons (Fsp3) is 1.00. The molecular formula is C9H19NO3S. The molecule has 5 heteroatoms. The number of nitrogens with two attached hydrogens (primary N) is 1. The quantitative estimate of drug-likeness (QED) is 0.726. The predicted molar refractivity (Wildman–Crippen MR) is 55.1 cm³/mol. The van der Waals surface area contributed by atoms with Crippen molar-refractivity contribution in [3.63, 3.8) is 0 Å². The summed E-state index contributed by atoms with van der Waals surface area (Å²) in [5.74, 6) is 0.0818. The van der Waals surface area contributed by atoms with Gasteiger partial charge >= 0.3 is 0 Å². The van der Waals surface area contributed by atoms with Crippen LogP contribution in [-0.2, 0) is 10.0 Å². The topological polar surface area (TPSA) is 80.4 Å². The van der Waals surface area contributed by atoms with Gasteiger partial charge in [0.2, 0.25) is 10.0 Å². The van der Waals surface area contributed by atoms with Crippen molar-refractivity contribution in [3.8, 4) is 0 Å². The molecular weight excluding hydrogens is 202 g/mol. The number of aliphatic hydroxyl groups excluding tert-OH is 1. The molecule has 0 aromatic rings. The Labute approximate surface area is 85.5 Å². The van der Waals surface area contributed by atoms with Crippen LogP contribution in [0.4, 0.5) is 0 Å². The van der Waals surface area contributed by atoms with Crippen LogP contribution in [0.2, 0.25) is 0 Å². The standard InChI is InChI=1S/C9H19NO3S/c1-6(14(10,12)13)8(11)7-4-9(2,3)5-7/h6-8,11H,4-5H2,1-3H3,(H2,10,12,13)/t6-,8-/m1/s1. The van der Waals surface area contributed by atoms with Gasteiger partial charge in [-0.3, -0.25) is 0 Å². The smallest absolute Gasteiger partial charge is 0.214 e. The van der Waals surface area contributed by atoms with Gasteiger partial charge in [-0.05, 0) is 31.1 Å². The van der Waals surface area contributed by atoms with E-state index in [1.54, 1.807) is 0 Å². The Morgan fingerprint density at radius 1 is 1.43 bits per heavy atom. The lowest BCUT2D eigenvalue weighted by Gasteiger charge is -2.45. The van der Waals surface area contributed by atoms with Crippen LogP contribution in [0.15, 0.2) is 0 Å². The van der Waals surface area contributed by atoms with Crippen molar-refractivity contribution in [3.05, 3.63) is 0 Å². The van der Waals surface area contributed by atoms with E-state index in [4.69, 9.17) is 5.14 Å². The van der Waals surface area contributed by atoms with Gasteiger partial charge in [0, 0.05) is 0 Å². The summed E-state index contributed by atoms with van der Waals surface area (Å²) >= 11 is 0. The Bertz CT molecular complexity index is 302. The molecule has 1 aliphatic rings. The van der Waals surface area contributed by atoms with E-state index < -0.39 is 21.4 Å². The number of primary sulfonamides is 1. The summed E-state index contributed by atoms with van der Waals surface area (Å²) in [6.07, 6.45) is 0.917. The van der Waals surface area contributed by atoms with Crippen molar-refractivity contribution in [2.75, 3.05) is 0 Å². The molecule has 4 nitrogen and oxygen atoms in total. The van der Waals surface area contributed by atoms with E-state index in [1.807, 2.05) is 0 Å². The molecule has 2 atom stereocenters. The number of rotatable bonds is 3. The van der Waals surface area contributed by atoms with Crippen LogP contribution in [-0.4, -0.2) is 24.9 Å². The second kappa shape index (κ2) is 3.47. The zero-order valence-electron chi connectivity index (χ0n) is 8.90. The number of hydrogen-bond donors (Lipinski definition) is 2. The van der Waals surface area contributed by atoms with E-state index >= 15 is 0 Å². The maximum Gasteiger partial charge on any atom is 0.214 e. The highest BCUT2D eigenvalue weighted by atomic mass is 32.2. The second-order valence-electron chi connectivity index (χ2n) is 5.12. The molecule has 0 unspecified atom stereocenters. The van der Waals surface area contributed by atoms with Crippen molar-refractivity contribution in [1.82, 2.24) is 0 Å². The summed E-state index contributed by atoms with van der Waals surface area (Å²) in [6.45, 7) is 5.68. The van der Waals surface area contributed by atoms with Crippen LogP contribution in [0.1, 0.15) is 33.6 Å². The van der Waals surface area contributed by atoms with Gasteiger partial charge in [-0.1, -0.05) is 13.8 Å². The lowest BCUT2D eigenvalue weighted by atomic mass is 9.62. The molecule has 0 aromatic carbocycles. The van der Waals surface area contributed by atoms with E-state index in [1.165, 1.54) is 6.92 Å². The molecule has 14 heavy (non-hydrogen) atoms. The molecule has 1 fully saturated rings. The highest BCUT2D eigenvalue weighted by Crippen LogP contribution is 2.47. The highest BCUT2D eigenvalue weighted by molar-refractivity contribution is 7.89. The van der Waals surface area contributed by atoms with E-state index in [0.29, 0.717) is 0 Å². The minimum absolute atomic E-state index is 0.0818. The van der Waals surface area contributed by atoms with Crippen molar-refractivity contribution >= 4 is 10.0 Å². The minimum Gasteiger partial charge on any atom is -0.391 e. The van der Waals surface area contributed by atoms with E-state index in [-0.39, 0.29) is 11.3 Å². The van der Waals surface area contributed by atoms with Gasteiger partial charge in [-0.2, -0.15) is 0 Å². The molecule has 0 radical (unpaired) electrons. The highest BCUT2D eigenvalue weighted by Gasteiger charge is 2.43. The third-order valence-corrected chi connectivity index (χ3v) is 4.43. The molecule has 3 N–H and O–H groups in total. The Hall–Kier alpha value is -0.130. The molecule has 0 spiro atoms. The zero-order chi connectivity index (χ0) is 11.1. The lowest BCUT2D eigenvalue weighted by molar-refractivity contribution is -0.0129. The molecule has 84 valence electrons. The number of aliphatic hydroxyl groups is 1. The van der Waals surface area contributed by atoms with Crippen LogP contribution in [0.3, 0.4) is 0 Å². The van der Waals surface area contributed by atoms with Gasteiger partial charge in [0.25, 0.3) is 0 Å². The van der Waals surface area contributed by atoms with E-state index in [9.17, 15) is 13.5 Å². The molecule has 1 aliphatic carbocycles. The van der Waals surface area contributed by atoms with Crippen LogP contribution in [0, 0.1) is 11.3 Å². The first-order chi connectivity index (χ1) is 6.13. The third kappa shape index (κ3) is 2.46. The van der Waals surface area contributed by atoms with Gasteiger partial charge in [0.15, 0.2) is 0 Å². The van der Waals surface area contributed by atoms with Crippen LogP contribution in [0.5, 0.6) is 0 Å². The molecule has 1 rings (SSSR count). The molecule has 0 aromatic heterocycles. The van der Waals surface area contributed by atoms with Crippen molar-refractivity contribution in [2.45, 2.75) is 45.0 Å². The zero-order valence-corrected chi connectivity index (χ0v) is 9.71. The monoisotopic (exact) mass is 221 g/mol. The normalized spacial score (nSPS) is 26.6. The minimum atomic E-state index is -3.61. The van der Waals surface area contributed by atoms with Crippen LogP contribution in [0.25, 0.3) is 0 Å². The first-order valence-electron chi connectivity index (χ1n) is 4.83. The average molecular weight is 221 g/mol. The predicted octanol–water partition coefficient (Wildman–Crippen LogP) is 0.461. The molecule has 0 heterocycles. The van der Waals surface area contributed by atoms with Crippen molar-refractivity contribution in [2.24, 2.45) is 16.5 Å². The fourth-order valence-corrected chi connectivity index (χ4v) is 2.79. The summed E-state index contributed by atoms with van der Waals surface area (Å²) in [5, 5.41) is 13.9. The molecule has 0 bridgehead atoms. The van der Waals surface area contributed by atoms with E-state index in [0.717, 1.165) is 12.8 Å². The Balaban J connectivity index is 2.57. The lowest BCUT2D eigenvalue weighted by Crippen LogP contribution is -2.47. The van der Waals surface area contributed by atoms with E-state index in [2.05, 4.69) is 13.8 Å². The molecule has 0 amide bonds. The van der Waals surface area contributed by atoms with Gasteiger partial charge in [-0.15, -0.1) is 0 Å². The summed E-state index contributed by atoms with van der Waals surface area (Å²) < 4.78 is 22.0. The average Bonchev–Trinajstić information content (AvgIpc) is 1.95. The Morgan fingerprint density at radius 2 is 1.86 bits per heavy atom. The van der Waals surface area contributed by atoms with Gasteiger partial charge in [0.1, 0.15) is 0 Å². The SMILES string of the molecule is C[C@H]([C@@H](O)C1CC(C)(C)C1)S(N)(=O)=O. The van der Waals surface area contributed by atoms with Crippen LogP contribution >= 0.6 is 0 Å². The summed E-state index contributed by atoms with van der Waals surface area (Å²) in [4.78, 5) is 0. The summed E-state index contributed by atoms with van der Waals surface area (Å²) in [6, 6.07) is 0. The van der Waals surface area contributed by atoms with Gasteiger partial charge < -0.3 is 5.11 Å². The third-order valence-electron chi connectivity index (χ3n) is 3.11. The largest absolute Gasteiger partial charge is 0.391 e. The van der Waals surface area contributed by atoms with Gasteiger partial charge in [-0.25, -0.2) is 13.6 Å². The molecule has 0 saturated heterocycles. The van der Waals surface area contributed by atoms with Crippen molar-refractivity contribution in [1.29, 1.82) is 0 Å². The van der Waals surface area contributed by atoms with Crippen molar-refractivity contribution < 1.29 is 13.5 Å². The summed E-state index contributed by atoms with van der Waals surface area (Å²) in [5.41, 5.74) is 0.240. The number of sulfonamides is 1. The molecule has 1 saturated carbocycles. The maximum absolute atomic E-state index is 11.0. The molecule has 0 aliphatic heterocycles. The second-order valence-corrected chi connectivity index (χ2v) is 7.04. The van der Waals surface area contributed by atoms with Crippen LogP contribution < -0.4 is 5.14 Å². The summed E-state index contributed by atoms with van der Waals surface area (Å²) in [7, 11) is -3.61. The van der Waals surface area contributed by atoms with Gasteiger partial charge in [0.05, 0.1) is 11.4 Å². The first-order valence-corrected chi connectivity index (χ1v) is 6.44. The maximum atomic E-state index is 11.0. The Morgan fingerprint density at radius 3 is 2.14 bits per heavy atom. The fourth-order valence-electron chi connectivity index (χ4n) is 2.18. The Kier molecular flexibility index (Phi) is 2.96. The number of hydrogen-bond acceptors (Lipinski definition) is 3. The first kappa shape index (κ1) is 11.9.